The summed E-state index contributed by atoms with van der Waals surface area (Å²) in [6.45, 7) is 3.96. The Morgan fingerprint density at radius 3 is 2.59 bits per heavy atom. The molecule has 0 aliphatic heterocycles. The van der Waals surface area contributed by atoms with E-state index in [9.17, 15) is 5.11 Å². The van der Waals surface area contributed by atoms with E-state index in [2.05, 4.69) is 16.4 Å². The molecule has 0 radical (unpaired) electrons. The van der Waals surface area contributed by atoms with E-state index in [4.69, 9.17) is 9.84 Å². The Bertz CT molecular complexity index is 1430. The molecule has 0 aliphatic carbocycles. The maximum atomic E-state index is 10.6. The summed E-state index contributed by atoms with van der Waals surface area (Å²) in [4.78, 5) is 4.22. The van der Waals surface area contributed by atoms with Crippen molar-refractivity contribution < 1.29 is 9.84 Å². The quantitative estimate of drug-likeness (QED) is 0.400. The second-order valence-corrected chi connectivity index (χ2v) is 7.65. The van der Waals surface area contributed by atoms with Crippen LogP contribution in [0.15, 0.2) is 73.2 Å². The first-order valence-electron chi connectivity index (χ1n) is 10.3. The first kappa shape index (κ1) is 19.7. The van der Waals surface area contributed by atoms with Gasteiger partial charge in [-0.2, -0.15) is 5.10 Å². The van der Waals surface area contributed by atoms with Gasteiger partial charge in [-0.1, -0.05) is 18.2 Å². The first-order valence-corrected chi connectivity index (χ1v) is 10.3. The number of hydrogen-bond acceptors (Lipinski definition) is 5. The third-order valence-electron chi connectivity index (χ3n) is 5.49. The standard InChI is InChI=1S/C25H23N5O2/c1-16-14-29(15-26-16)23-11-10-18(12-24(23)31)27-22-9-5-8-21-17(2)30(28-25(21)22)19-6-4-7-20(13-19)32-3/h4-15,27,31H,1-3H3. The van der Waals surface area contributed by atoms with E-state index >= 15 is 0 Å². The highest BCUT2D eigenvalue weighted by atomic mass is 16.5. The van der Waals surface area contributed by atoms with Gasteiger partial charge in [-0.05, 0) is 44.2 Å². The van der Waals surface area contributed by atoms with E-state index < -0.39 is 0 Å². The summed E-state index contributed by atoms with van der Waals surface area (Å²) < 4.78 is 9.08. The van der Waals surface area contributed by atoms with Crippen LogP contribution < -0.4 is 10.1 Å². The number of nitrogens with one attached hydrogen (secondary N) is 1. The number of aromatic hydroxyl groups is 1. The molecule has 5 rings (SSSR count). The minimum absolute atomic E-state index is 0.165. The van der Waals surface area contributed by atoms with E-state index in [0.29, 0.717) is 5.69 Å². The maximum Gasteiger partial charge on any atom is 0.141 e. The second-order valence-electron chi connectivity index (χ2n) is 7.65. The van der Waals surface area contributed by atoms with Crippen molar-refractivity contribution in [1.82, 2.24) is 19.3 Å². The molecule has 160 valence electrons. The zero-order chi connectivity index (χ0) is 22.2. The summed E-state index contributed by atoms with van der Waals surface area (Å²) >= 11 is 0. The van der Waals surface area contributed by atoms with Crippen molar-refractivity contribution in [2.75, 3.05) is 12.4 Å². The topological polar surface area (TPSA) is 77.1 Å². The lowest BCUT2D eigenvalue weighted by atomic mass is 10.1. The Morgan fingerprint density at radius 2 is 1.84 bits per heavy atom. The molecule has 32 heavy (non-hydrogen) atoms. The van der Waals surface area contributed by atoms with Crippen LogP contribution in [-0.2, 0) is 0 Å². The number of anilines is 2. The Hall–Kier alpha value is -4.26. The summed E-state index contributed by atoms with van der Waals surface area (Å²) in [6, 6.07) is 19.3. The van der Waals surface area contributed by atoms with Crippen LogP contribution in [0.25, 0.3) is 22.3 Å². The highest BCUT2D eigenvalue weighted by Gasteiger charge is 2.14. The molecule has 2 N–H and O–H groups in total. The number of benzene rings is 3. The Kier molecular flexibility index (Phi) is 4.78. The van der Waals surface area contributed by atoms with E-state index in [1.807, 2.05) is 73.3 Å². The first-order chi connectivity index (χ1) is 15.5. The highest BCUT2D eigenvalue weighted by molar-refractivity contribution is 5.94. The predicted octanol–water partition coefficient (Wildman–Crippen LogP) is 5.29. The van der Waals surface area contributed by atoms with E-state index in [0.717, 1.165) is 45.1 Å². The van der Waals surface area contributed by atoms with Crippen LogP contribution in [0.1, 0.15) is 11.4 Å². The number of nitrogens with zero attached hydrogens (tertiary/aromatic N) is 4. The number of rotatable bonds is 5. The van der Waals surface area contributed by atoms with Crippen molar-refractivity contribution in [1.29, 1.82) is 0 Å². The van der Waals surface area contributed by atoms with Crippen LogP contribution in [0, 0.1) is 13.8 Å². The van der Waals surface area contributed by atoms with Crippen molar-refractivity contribution in [2.24, 2.45) is 0 Å². The van der Waals surface area contributed by atoms with E-state index in [-0.39, 0.29) is 5.75 Å². The zero-order valence-electron chi connectivity index (χ0n) is 18.1. The monoisotopic (exact) mass is 425 g/mol. The van der Waals surface area contributed by atoms with Gasteiger partial charge in [0, 0.05) is 35.1 Å². The molecule has 7 nitrogen and oxygen atoms in total. The number of phenols is 1. The van der Waals surface area contributed by atoms with Gasteiger partial charge >= 0.3 is 0 Å². The van der Waals surface area contributed by atoms with Crippen molar-refractivity contribution in [3.8, 4) is 22.9 Å². The van der Waals surface area contributed by atoms with Gasteiger partial charge in [0.2, 0.25) is 0 Å². The molecule has 2 aromatic heterocycles. The van der Waals surface area contributed by atoms with Crippen LogP contribution in [0.2, 0.25) is 0 Å². The number of imidazole rings is 1. The van der Waals surface area contributed by atoms with Crippen molar-refractivity contribution in [2.45, 2.75) is 13.8 Å². The van der Waals surface area contributed by atoms with Crippen molar-refractivity contribution in [3.05, 3.63) is 84.6 Å². The number of aromatic nitrogens is 4. The van der Waals surface area contributed by atoms with E-state index in [1.54, 1.807) is 24.1 Å². The van der Waals surface area contributed by atoms with Gasteiger partial charge < -0.3 is 19.7 Å². The van der Waals surface area contributed by atoms with Gasteiger partial charge in [0.1, 0.15) is 17.0 Å². The Labute approximate surface area is 185 Å². The summed E-state index contributed by atoms with van der Waals surface area (Å²) in [7, 11) is 1.66. The molecule has 0 unspecified atom stereocenters. The summed E-state index contributed by atoms with van der Waals surface area (Å²) in [5.41, 5.74) is 6.00. The Morgan fingerprint density at radius 1 is 1.00 bits per heavy atom. The zero-order valence-corrected chi connectivity index (χ0v) is 18.1. The lowest BCUT2D eigenvalue weighted by Crippen LogP contribution is -1.99. The molecule has 0 fully saturated rings. The smallest absolute Gasteiger partial charge is 0.141 e. The predicted molar refractivity (Wildman–Crippen MR) is 126 cm³/mol. The number of phenolic OH excluding ortho intramolecular Hbond substituents is 1. The molecule has 0 atom stereocenters. The molecule has 0 saturated heterocycles. The molecule has 0 bridgehead atoms. The van der Waals surface area contributed by atoms with Crippen LogP contribution in [0.3, 0.4) is 0 Å². The van der Waals surface area contributed by atoms with Crippen molar-refractivity contribution >= 4 is 22.3 Å². The maximum absolute atomic E-state index is 10.6. The van der Waals surface area contributed by atoms with Crippen molar-refractivity contribution in [3.63, 3.8) is 0 Å². The number of fused-ring (bicyclic) bond motifs is 1. The molecule has 7 heteroatoms. The van der Waals surface area contributed by atoms with Crippen LogP contribution in [0.5, 0.6) is 11.5 Å². The van der Waals surface area contributed by atoms with Gasteiger partial charge in [-0.25, -0.2) is 9.67 Å². The molecule has 3 aromatic carbocycles. The van der Waals surface area contributed by atoms with Crippen LogP contribution >= 0.6 is 0 Å². The molecule has 0 saturated carbocycles. The SMILES string of the molecule is COc1cccc(-n2nc3c(Nc4ccc(-n5cnc(C)c5)c(O)c4)cccc3c2C)c1. The lowest BCUT2D eigenvalue weighted by molar-refractivity contribution is 0.414. The van der Waals surface area contributed by atoms with E-state index in [1.165, 1.54) is 0 Å². The number of hydrogen-bond donors (Lipinski definition) is 2. The fourth-order valence-electron chi connectivity index (χ4n) is 3.85. The van der Waals surface area contributed by atoms with Gasteiger partial charge in [0.05, 0.1) is 36.2 Å². The molecule has 0 aliphatic rings. The van der Waals surface area contributed by atoms with Gasteiger partial charge in [0.25, 0.3) is 0 Å². The summed E-state index contributed by atoms with van der Waals surface area (Å²) in [5, 5.41) is 19.9. The fourth-order valence-corrected chi connectivity index (χ4v) is 3.85. The minimum atomic E-state index is 0.165. The lowest BCUT2D eigenvalue weighted by Gasteiger charge is -2.10. The molecular formula is C25H23N5O2. The van der Waals surface area contributed by atoms with Gasteiger partial charge in [0.15, 0.2) is 0 Å². The number of aryl methyl sites for hydroxylation is 2. The third-order valence-corrected chi connectivity index (χ3v) is 5.49. The van der Waals surface area contributed by atoms with Gasteiger partial charge in [-0.15, -0.1) is 0 Å². The Balaban J connectivity index is 1.52. The van der Waals surface area contributed by atoms with Gasteiger partial charge in [-0.3, -0.25) is 0 Å². The minimum Gasteiger partial charge on any atom is -0.506 e. The number of ether oxygens (including phenoxy) is 1. The average molecular weight is 425 g/mol. The van der Waals surface area contributed by atoms with Crippen LogP contribution in [0.4, 0.5) is 11.4 Å². The highest BCUT2D eigenvalue weighted by Crippen LogP contribution is 2.32. The van der Waals surface area contributed by atoms with Crippen LogP contribution in [-0.4, -0.2) is 31.5 Å². The largest absolute Gasteiger partial charge is 0.506 e. The molecule has 0 spiro atoms. The number of methoxy groups -OCH3 is 1. The molecule has 5 aromatic rings. The average Bonchev–Trinajstić information content (AvgIpc) is 3.38. The molecule has 2 heterocycles. The summed E-state index contributed by atoms with van der Waals surface area (Å²) in [5.74, 6) is 0.945. The molecule has 0 amide bonds. The normalized spacial score (nSPS) is 11.1. The molecular weight excluding hydrogens is 402 g/mol. The second kappa shape index (κ2) is 7.77. The third kappa shape index (κ3) is 3.43. The fraction of sp³-hybridized carbons (Fsp3) is 0.120. The summed E-state index contributed by atoms with van der Waals surface area (Å²) in [6.07, 6.45) is 3.56.